The molecule has 0 saturated heterocycles. The fourth-order valence-electron chi connectivity index (χ4n) is 2.42. The van der Waals surface area contributed by atoms with Gasteiger partial charge in [0.2, 0.25) is 0 Å². The van der Waals surface area contributed by atoms with Gasteiger partial charge in [0.25, 0.3) is 0 Å². The van der Waals surface area contributed by atoms with Crippen LogP contribution in [0.4, 0.5) is 0 Å². The molecule has 2 aromatic rings. The summed E-state index contributed by atoms with van der Waals surface area (Å²) < 4.78 is 0. The predicted molar refractivity (Wildman–Crippen MR) is 120 cm³/mol. The smallest absolute Gasteiger partial charge is 0.191 e. The maximum absolute atomic E-state index is 4.57. The molecule has 2 rings (SSSR count). The summed E-state index contributed by atoms with van der Waals surface area (Å²) in [4.78, 5) is 10.2. The van der Waals surface area contributed by atoms with Crippen LogP contribution in [0, 0.1) is 13.8 Å². The maximum atomic E-state index is 4.57. The van der Waals surface area contributed by atoms with Gasteiger partial charge in [-0.15, -0.1) is 35.3 Å². The van der Waals surface area contributed by atoms with Crippen LogP contribution >= 0.6 is 35.3 Å². The largest absolute Gasteiger partial charge is 0.356 e. The number of hydrogen-bond donors (Lipinski definition) is 2. The molecule has 1 aromatic heterocycles. The van der Waals surface area contributed by atoms with E-state index in [1.54, 1.807) is 11.3 Å². The van der Waals surface area contributed by atoms with E-state index in [0.29, 0.717) is 0 Å². The molecule has 0 fully saturated rings. The molecule has 0 aliphatic heterocycles. The lowest BCUT2D eigenvalue weighted by Crippen LogP contribution is -2.39. The molecule has 1 heterocycles. The Balaban J connectivity index is 0.00000312. The molecule has 0 saturated carbocycles. The number of nitrogens with zero attached hydrogens (tertiary/aromatic N) is 2. The van der Waals surface area contributed by atoms with Crippen LogP contribution in [0.5, 0.6) is 0 Å². The SMILES string of the molecule is CCc1ccc(CCNC(=NC)NCCc2nc(C)c(C)s2)cc1.I. The van der Waals surface area contributed by atoms with Crippen molar-refractivity contribution < 1.29 is 0 Å². The van der Waals surface area contributed by atoms with Crippen molar-refractivity contribution in [3.8, 4) is 0 Å². The fourth-order valence-corrected chi connectivity index (χ4v) is 3.35. The van der Waals surface area contributed by atoms with E-state index in [-0.39, 0.29) is 24.0 Å². The van der Waals surface area contributed by atoms with E-state index in [1.807, 2.05) is 7.05 Å². The number of aryl methyl sites for hydroxylation is 3. The minimum Gasteiger partial charge on any atom is -0.356 e. The third-order valence-corrected chi connectivity index (χ3v) is 5.20. The molecule has 0 amide bonds. The molecule has 0 aliphatic rings. The van der Waals surface area contributed by atoms with Crippen LogP contribution in [0.1, 0.15) is 33.6 Å². The lowest BCUT2D eigenvalue weighted by molar-refractivity contribution is 0.781. The molecule has 4 nitrogen and oxygen atoms in total. The lowest BCUT2D eigenvalue weighted by atomic mass is 10.1. The molecule has 0 bridgehead atoms. The Morgan fingerprint density at radius 2 is 1.64 bits per heavy atom. The Labute approximate surface area is 172 Å². The van der Waals surface area contributed by atoms with Gasteiger partial charge < -0.3 is 10.6 Å². The van der Waals surface area contributed by atoms with Crippen LogP contribution in [0.2, 0.25) is 0 Å². The summed E-state index contributed by atoms with van der Waals surface area (Å²) in [5.41, 5.74) is 3.88. The number of nitrogens with one attached hydrogen (secondary N) is 2. The fraction of sp³-hybridized carbons (Fsp3) is 0.474. The molecule has 0 atom stereocenters. The first-order chi connectivity index (χ1) is 11.6. The van der Waals surface area contributed by atoms with Crippen LogP contribution in [0.15, 0.2) is 29.3 Å². The first-order valence-electron chi connectivity index (χ1n) is 8.57. The molecule has 0 aliphatic carbocycles. The summed E-state index contributed by atoms with van der Waals surface area (Å²) in [5, 5.41) is 7.91. The van der Waals surface area contributed by atoms with Gasteiger partial charge >= 0.3 is 0 Å². The highest BCUT2D eigenvalue weighted by Crippen LogP contribution is 2.16. The number of hydrogen-bond acceptors (Lipinski definition) is 3. The van der Waals surface area contributed by atoms with E-state index in [0.717, 1.165) is 44.0 Å². The van der Waals surface area contributed by atoms with Gasteiger partial charge in [-0.1, -0.05) is 31.2 Å². The quantitative estimate of drug-likeness (QED) is 0.365. The van der Waals surface area contributed by atoms with E-state index in [4.69, 9.17) is 0 Å². The molecule has 0 unspecified atom stereocenters. The van der Waals surface area contributed by atoms with Crippen LogP contribution in [-0.4, -0.2) is 31.1 Å². The zero-order valence-electron chi connectivity index (χ0n) is 15.6. The van der Waals surface area contributed by atoms with Crippen molar-refractivity contribution in [2.45, 2.75) is 40.0 Å². The van der Waals surface area contributed by atoms with Crippen LogP contribution in [-0.2, 0) is 19.3 Å². The zero-order valence-corrected chi connectivity index (χ0v) is 18.7. The van der Waals surface area contributed by atoms with Gasteiger partial charge in [0.05, 0.1) is 10.7 Å². The van der Waals surface area contributed by atoms with Crippen molar-refractivity contribution in [2.75, 3.05) is 20.1 Å². The number of thiazole rings is 1. The second-order valence-corrected chi connectivity index (χ2v) is 7.13. The minimum atomic E-state index is 0. The second kappa shape index (κ2) is 11.5. The number of aromatic nitrogens is 1. The topological polar surface area (TPSA) is 49.3 Å². The molecule has 6 heteroatoms. The highest BCUT2D eigenvalue weighted by atomic mass is 127. The monoisotopic (exact) mass is 472 g/mol. The standard InChI is InChI=1S/C19H28N4S.HI/c1-5-16-6-8-17(9-7-16)10-12-21-19(20-4)22-13-11-18-23-14(2)15(3)24-18;/h6-9H,5,10-13H2,1-4H3,(H2,20,21,22);1H. The average Bonchev–Trinajstić information content (AvgIpc) is 2.92. The highest BCUT2D eigenvalue weighted by Gasteiger charge is 2.04. The van der Waals surface area contributed by atoms with Crippen molar-refractivity contribution in [1.29, 1.82) is 0 Å². The van der Waals surface area contributed by atoms with Crippen molar-refractivity contribution in [3.05, 3.63) is 51.0 Å². The minimum absolute atomic E-state index is 0. The maximum Gasteiger partial charge on any atom is 0.191 e. The Morgan fingerprint density at radius 3 is 2.16 bits per heavy atom. The van der Waals surface area contributed by atoms with E-state index >= 15 is 0 Å². The summed E-state index contributed by atoms with van der Waals surface area (Å²) in [5.74, 6) is 0.852. The zero-order chi connectivity index (χ0) is 17.4. The van der Waals surface area contributed by atoms with Gasteiger partial charge in [-0.05, 0) is 37.8 Å². The third-order valence-electron chi connectivity index (χ3n) is 4.07. The highest BCUT2D eigenvalue weighted by molar-refractivity contribution is 14.0. The molecule has 25 heavy (non-hydrogen) atoms. The molecule has 1 aromatic carbocycles. The normalized spacial score (nSPS) is 11.1. The summed E-state index contributed by atoms with van der Waals surface area (Å²) in [6.45, 7) is 8.09. The molecule has 2 N–H and O–H groups in total. The van der Waals surface area contributed by atoms with Crippen LogP contribution in [0.25, 0.3) is 0 Å². The first kappa shape index (κ1) is 21.9. The summed E-state index contributed by atoms with van der Waals surface area (Å²) >= 11 is 1.78. The third kappa shape index (κ3) is 7.32. The van der Waals surface area contributed by atoms with E-state index in [1.165, 1.54) is 21.0 Å². The average molecular weight is 472 g/mol. The summed E-state index contributed by atoms with van der Waals surface area (Å²) in [6.07, 6.45) is 3.02. The van der Waals surface area contributed by atoms with Gasteiger partial charge in [0, 0.05) is 31.4 Å². The van der Waals surface area contributed by atoms with E-state index < -0.39 is 0 Å². The van der Waals surface area contributed by atoms with Gasteiger partial charge in [0.15, 0.2) is 5.96 Å². The van der Waals surface area contributed by atoms with Gasteiger partial charge in [-0.2, -0.15) is 0 Å². The van der Waals surface area contributed by atoms with Crippen LogP contribution < -0.4 is 10.6 Å². The Morgan fingerprint density at radius 1 is 1.04 bits per heavy atom. The number of guanidine groups is 1. The number of rotatable bonds is 7. The lowest BCUT2D eigenvalue weighted by Gasteiger charge is -2.11. The first-order valence-corrected chi connectivity index (χ1v) is 9.39. The van der Waals surface area contributed by atoms with Crippen molar-refractivity contribution in [2.24, 2.45) is 4.99 Å². The number of halogens is 1. The molecular formula is C19H29IN4S. The molecule has 0 radical (unpaired) electrons. The van der Waals surface area contributed by atoms with Crippen molar-refractivity contribution >= 4 is 41.3 Å². The van der Waals surface area contributed by atoms with Crippen LogP contribution in [0.3, 0.4) is 0 Å². The molecular weight excluding hydrogens is 443 g/mol. The number of aliphatic imine (C=N–C) groups is 1. The van der Waals surface area contributed by atoms with Crippen molar-refractivity contribution in [3.63, 3.8) is 0 Å². The second-order valence-electron chi connectivity index (χ2n) is 5.85. The van der Waals surface area contributed by atoms with Gasteiger partial charge in [-0.25, -0.2) is 4.98 Å². The summed E-state index contributed by atoms with van der Waals surface area (Å²) in [7, 11) is 1.81. The number of benzene rings is 1. The van der Waals surface area contributed by atoms with Crippen molar-refractivity contribution in [1.82, 2.24) is 15.6 Å². The van der Waals surface area contributed by atoms with E-state index in [9.17, 15) is 0 Å². The molecule has 0 spiro atoms. The summed E-state index contributed by atoms with van der Waals surface area (Å²) in [6, 6.07) is 8.84. The predicted octanol–water partition coefficient (Wildman–Crippen LogP) is 3.89. The Hall–Kier alpha value is -1.15. The van der Waals surface area contributed by atoms with Gasteiger partial charge in [-0.3, -0.25) is 4.99 Å². The van der Waals surface area contributed by atoms with Gasteiger partial charge in [0.1, 0.15) is 0 Å². The molecule has 138 valence electrons. The van der Waals surface area contributed by atoms with E-state index in [2.05, 4.69) is 65.6 Å². The Kier molecular flexibility index (Phi) is 10.0. The Bertz CT molecular complexity index is 645.